The predicted molar refractivity (Wildman–Crippen MR) is 64.6 cm³/mol. The lowest BCUT2D eigenvalue weighted by Crippen LogP contribution is -2.37. The molecule has 2 aliphatic rings. The van der Waals surface area contributed by atoms with Gasteiger partial charge < -0.3 is 9.47 Å². The maximum absolute atomic E-state index is 5.68. The molecule has 3 nitrogen and oxygen atoms in total. The first kappa shape index (κ1) is 12.1. The van der Waals surface area contributed by atoms with E-state index in [1.165, 1.54) is 25.7 Å². The third-order valence-corrected chi connectivity index (χ3v) is 3.36. The minimum atomic E-state index is 0.432. The summed E-state index contributed by atoms with van der Waals surface area (Å²) in [6.07, 6.45) is 7.68. The Morgan fingerprint density at radius 1 is 1.06 bits per heavy atom. The average molecular weight is 225 g/mol. The molecule has 2 atom stereocenters. The first-order valence-electron chi connectivity index (χ1n) is 6.45. The van der Waals surface area contributed by atoms with Gasteiger partial charge in [-0.05, 0) is 25.7 Å². The van der Waals surface area contributed by atoms with E-state index in [1.807, 2.05) is 6.08 Å². The van der Waals surface area contributed by atoms with Crippen LogP contribution in [-0.2, 0) is 9.47 Å². The largest absolute Gasteiger partial charge is 0.377 e. The van der Waals surface area contributed by atoms with Crippen LogP contribution in [0.2, 0.25) is 0 Å². The van der Waals surface area contributed by atoms with Crippen LogP contribution in [0, 0.1) is 0 Å². The van der Waals surface area contributed by atoms with Crippen LogP contribution >= 0.6 is 0 Å². The van der Waals surface area contributed by atoms with E-state index in [9.17, 15) is 0 Å². The van der Waals surface area contributed by atoms with Crippen LogP contribution in [0.3, 0.4) is 0 Å². The molecule has 92 valence electrons. The zero-order chi connectivity index (χ0) is 11.2. The summed E-state index contributed by atoms with van der Waals surface area (Å²) < 4.78 is 11.4. The van der Waals surface area contributed by atoms with E-state index in [0.29, 0.717) is 12.2 Å². The first-order valence-corrected chi connectivity index (χ1v) is 6.45. The van der Waals surface area contributed by atoms with Crippen LogP contribution in [0.25, 0.3) is 0 Å². The molecule has 2 aliphatic heterocycles. The van der Waals surface area contributed by atoms with Gasteiger partial charge in [0.1, 0.15) is 0 Å². The Morgan fingerprint density at radius 2 is 1.62 bits per heavy atom. The van der Waals surface area contributed by atoms with Crippen LogP contribution in [0.15, 0.2) is 12.7 Å². The molecule has 2 saturated heterocycles. The minimum absolute atomic E-state index is 0.432. The number of nitrogens with zero attached hydrogens (tertiary/aromatic N) is 1. The summed E-state index contributed by atoms with van der Waals surface area (Å²) in [5.41, 5.74) is 0. The molecular formula is C13H23NO2. The van der Waals surface area contributed by atoms with Gasteiger partial charge in [0.05, 0.1) is 12.2 Å². The van der Waals surface area contributed by atoms with Crippen LogP contribution < -0.4 is 0 Å². The third kappa shape index (κ3) is 3.58. The second-order valence-electron chi connectivity index (χ2n) is 4.78. The lowest BCUT2D eigenvalue weighted by atomic mass is 10.2. The zero-order valence-electron chi connectivity index (χ0n) is 10.1. The molecule has 0 aromatic heterocycles. The van der Waals surface area contributed by atoms with Gasteiger partial charge in [-0.25, -0.2) is 0 Å². The van der Waals surface area contributed by atoms with Gasteiger partial charge >= 0.3 is 0 Å². The Bertz CT molecular complexity index is 190. The summed E-state index contributed by atoms with van der Waals surface area (Å²) in [5, 5.41) is 0. The molecule has 3 heteroatoms. The summed E-state index contributed by atoms with van der Waals surface area (Å²) in [5.74, 6) is 0. The van der Waals surface area contributed by atoms with E-state index in [0.717, 1.165) is 32.8 Å². The van der Waals surface area contributed by atoms with Crippen LogP contribution in [0.4, 0.5) is 0 Å². The van der Waals surface area contributed by atoms with E-state index in [2.05, 4.69) is 11.5 Å². The summed E-state index contributed by atoms with van der Waals surface area (Å²) in [6, 6.07) is 0. The van der Waals surface area contributed by atoms with E-state index >= 15 is 0 Å². The molecule has 0 amide bonds. The third-order valence-electron chi connectivity index (χ3n) is 3.36. The minimum Gasteiger partial charge on any atom is -0.377 e. The van der Waals surface area contributed by atoms with Crippen molar-refractivity contribution in [1.82, 2.24) is 4.90 Å². The summed E-state index contributed by atoms with van der Waals surface area (Å²) in [4.78, 5) is 2.42. The number of ether oxygens (including phenoxy) is 2. The molecule has 0 aromatic carbocycles. The zero-order valence-corrected chi connectivity index (χ0v) is 10.1. The van der Waals surface area contributed by atoms with Crippen LogP contribution in [-0.4, -0.2) is 50.0 Å². The highest BCUT2D eigenvalue weighted by Crippen LogP contribution is 2.17. The maximum Gasteiger partial charge on any atom is 0.0702 e. The van der Waals surface area contributed by atoms with Gasteiger partial charge in [0.2, 0.25) is 0 Å². The fourth-order valence-electron chi connectivity index (χ4n) is 2.56. The van der Waals surface area contributed by atoms with Gasteiger partial charge in [-0.2, -0.15) is 0 Å². The fraction of sp³-hybridized carbons (Fsp3) is 0.846. The van der Waals surface area contributed by atoms with Crippen LogP contribution in [0.1, 0.15) is 25.7 Å². The van der Waals surface area contributed by atoms with Gasteiger partial charge in [-0.1, -0.05) is 6.08 Å². The van der Waals surface area contributed by atoms with E-state index in [1.54, 1.807) is 0 Å². The van der Waals surface area contributed by atoms with E-state index in [4.69, 9.17) is 9.47 Å². The molecule has 0 bridgehead atoms. The Morgan fingerprint density at radius 3 is 2.00 bits per heavy atom. The van der Waals surface area contributed by atoms with Gasteiger partial charge in [-0.15, -0.1) is 6.58 Å². The molecule has 0 saturated carbocycles. The summed E-state index contributed by atoms with van der Waals surface area (Å²) >= 11 is 0. The normalized spacial score (nSPS) is 30.1. The van der Waals surface area contributed by atoms with Crippen molar-refractivity contribution in [2.45, 2.75) is 37.9 Å². The van der Waals surface area contributed by atoms with Crippen molar-refractivity contribution >= 4 is 0 Å². The summed E-state index contributed by atoms with van der Waals surface area (Å²) in [7, 11) is 0. The van der Waals surface area contributed by atoms with Crippen molar-refractivity contribution in [3.63, 3.8) is 0 Å². The van der Waals surface area contributed by atoms with Crippen molar-refractivity contribution in [1.29, 1.82) is 0 Å². The van der Waals surface area contributed by atoms with Gasteiger partial charge in [0, 0.05) is 32.8 Å². The lowest BCUT2D eigenvalue weighted by molar-refractivity contribution is 0.0421. The molecule has 0 aliphatic carbocycles. The molecule has 0 spiro atoms. The average Bonchev–Trinajstić information content (AvgIpc) is 2.91. The SMILES string of the molecule is C=CCN(CC1CCCO1)CC1CCCO1. The molecule has 16 heavy (non-hydrogen) atoms. The smallest absolute Gasteiger partial charge is 0.0702 e. The van der Waals surface area contributed by atoms with Crippen molar-refractivity contribution < 1.29 is 9.47 Å². The van der Waals surface area contributed by atoms with Gasteiger partial charge in [0.15, 0.2) is 0 Å². The Kier molecular flexibility index (Phi) is 4.82. The standard InChI is InChI=1S/C13H23NO2/c1-2-7-14(10-12-5-3-8-15-12)11-13-6-4-9-16-13/h2,12-13H,1,3-11H2. The Hall–Kier alpha value is -0.380. The van der Waals surface area contributed by atoms with E-state index in [-0.39, 0.29) is 0 Å². The van der Waals surface area contributed by atoms with Gasteiger partial charge in [-0.3, -0.25) is 4.90 Å². The highest BCUT2D eigenvalue weighted by atomic mass is 16.5. The van der Waals surface area contributed by atoms with E-state index < -0.39 is 0 Å². The molecule has 0 radical (unpaired) electrons. The van der Waals surface area contributed by atoms with Crippen molar-refractivity contribution in [2.75, 3.05) is 32.8 Å². The first-order chi connectivity index (χ1) is 7.88. The van der Waals surface area contributed by atoms with Crippen molar-refractivity contribution in [2.24, 2.45) is 0 Å². The fourth-order valence-corrected chi connectivity index (χ4v) is 2.56. The number of rotatable bonds is 6. The molecule has 0 aromatic rings. The highest BCUT2D eigenvalue weighted by Gasteiger charge is 2.22. The molecule has 2 fully saturated rings. The Balaban J connectivity index is 1.75. The molecular weight excluding hydrogens is 202 g/mol. The summed E-state index contributed by atoms with van der Waals surface area (Å²) in [6.45, 7) is 8.71. The van der Waals surface area contributed by atoms with Crippen molar-refractivity contribution in [3.05, 3.63) is 12.7 Å². The second kappa shape index (κ2) is 6.38. The predicted octanol–water partition coefficient (Wildman–Crippen LogP) is 1.83. The molecule has 2 unspecified atom stereocenters. The molecule has 2 heterocycles. The van der Waals surface area contributed by atoms with Crippen LogP contribution in [0.5, 0.6) is 0 Å². The number of hydrogen-bond donors (Lipinski definition) is 0. The molecule has 2 rings (SSSR count). The topological polar surface area (TPSA) is 21.7 Å². The maximum atomic E-state index is 5.68. The Labute approximate surface area is 98.4 Å². The lowest BCUT2D eigenvalue weighted by Gasteiger charge is -2.26. The second-order valence-corrected chi connectivity index (χ2v) is 4.78. The quantitative estimate of drug-likeness (QED) is 0.644. The van der Waals surface area contributed by atoms with Gasteiger partial charge in [0.25, 0.3) is 0 Å². The van der Waals surface area contributed by atoms with Crippen molar-refractivity contribution in [3.8, 4) is 0 Å². The monoisotopic (exact) mass is 225 g/mol. The number of hydrogen-bond acceptors (Lipinski definition) is 3. The molecule has 0 N–H and O–H groups in total. The highest BCUT2D eigenvalue weighted by molar-refractivity contribution is 4.80.